The van der Waals surface area contributed by atoms with Gasteiger partial charge in [0.2, 0.25) is 0 Å². The normalized spacial score (nSPS) is 41.7. The number of allylic oxidation sites excluding steroid dienone is 2. The van der Waals surface area contributed by atoms with Crippen LogP contribution in [0, 0.1) is 34.0 Å². The number of aliphatic hydroxyl groups is 1. The van der Waals surface area contributed by atoms with Crippen LogP contribution in [0.25, 0.3) is 0 Å². The van der Waals surface area contributed by atoms with Gasteiger partial charge in [-0.2, -0.15) is 0 Å². The molecule has 3 aliphatic rings. The summed E-state index contributed by atoms with van der Waals surface area (Å²) in [4.78, 5) is 10.7. The molecule has 132 valence electrons. The van der Waals surface area contributed by atoms with E-state index in [0.717, 1.165) is 12.3 Å². The van der Waals surface area contributed by atoms with Crippen molar-refractivity contribution >= 4 is 5.97 Å². The standard InChI is InChI=1S/C10H16O2.C10H18O/c1-6(2)5-7-8(9(11)12)10(7,3)4;1-9(2)7-4-5-10(9,3)8(11)6-7/h5,7-8H,1-4H3,(H,11,12);7-8,11H,4-6H2,1-3H3/t;7-,8-,10+/m.1/s1. The Morgan fingerprint density at radius 3 is 1.91 bits per heavy atom. The summed E-state index contributed by atoms with van der Waals surface area (Å²) in [5, 5.41) is 18.7. The molecule has 23 heavy (non-hydrogen) atoms. The fourth-order valence-electron chi connectivity index (χ4n) is 4.98. The molecule has 3 saturated carbocycles. The zero-order valence-electron chi connectivity index (χ0n) is 15.8. The molecule has 0 amide bonds. The number of aliphatic hydroxyl groups excluding tert-OH is 1. The minimum Gasteiger partial charge on any atom is -0.481 e. The van der Waals surface area contributed by atoms with Crippen molar-refractivity contribution in [3.05, 3.63) is 11.6 Å². The van der Waals surface area contributed by atoms with Crippen molar-refractivity contribution in [2.75, 3.05) is 0 Å². The fourth-order valence-corrected chi connectivity index (χ4v) is 4.98. The van der Waals surface area contributed by atoms with Crippen LogP contribution in [0.4, 0.5) is 0 Å². The van der Waals surface area contributed by atoms with Crippen LogP contribution in [0.2, 0.25) is 0 Å². The molecule has 3 heteroatoms. The Kier molecular flexibility index (Phi) is 4.52. The zero-order chi connectivity index (χ0) is 17.8. The molecule has 0 heterocycles. The van der Waals surface area contributed by atoms with Gasteiger partial charge in [-0.25, -0.2) is 0 Å². The highest BCUT2D eigenvalue weighted by Gasteiger charge is 2.61. The second-order valence-electron chi connectivity index (χ2n) is 9.53. The van der Waals surface area contributed by atoms with Crippen LogP contribution in [0.5, 0.6) is 0 Å². The molecule has 0 aliphatic heterocycles. The summed E-state index contributed by atoms with van der Waals surface area (Å²) in [5.41, 5.74) is 1.77. The minimum atomic E-state index is -0.664. The van der Waals surface area contributed by atoms with E-state index in [1.807, 2.05) is 27.7 Å². The summed E-state index contributed by atoms with van der Waals surface area (Å²) in [7, 11) is 0. The van der Waals surface area contributed by atoms with Crippen LogP contribution in [-0.4, -0.2) is 22.3 Å². The van der Waals surface area contributed by atoms with Gasteiger partial charge < -0.3 is 10.2 Å². The maximum absolute atomic E-state index is 10.7. The Hall–Kier alpha value is -0.830. The van der Waals surface area contributed by atoms with Crippen LogP contribution in [0.3, 0.4) is 0 Å². The zero-order valence-corrected chi connectivity index (χ0v) is 15.8. The van der Waals surface area contributed by atoms with Crippen LogP contribution in [0.15, 0.2) is 11.6 Å². The Morgan fingerprint density at radius 2 is 1.70 bits per heavy atom. The molecular formula is C20H34O3. The van der Waals surface area contributed by atoms with E-state index in [1.54, 1.807) is 0 Å². The SMILES string of the molecule is CC(C)=CC1C(C(=O)O)C1(C)C.CC1(C)[C@@H]2CC[C@@]1(C)[C@H](O)C2. The van der Waals surface area contributed by atoms with Crippen LogP contribution in [-0.2, 0) is 4.79 Å². The number of carboxylic acid groups (broad SMARTS) is 1. The average Bonchev–Trinajstić information content (AvgIpc) is 2.78. The molecule has 5 atom stereocenters. The van der Waals surface area contributed by atoms with Crippen molar-refractivity contribution in [1.29, 1.82) is 0 Å². The second-order valence-corrected chi connectivity index (χ2v) is 9.53. The third-order valence-electron chi connectivity index (χ3n) is 7.44. The number of rotatable bonds is 2. The third-order valence-corrected chi connectivity index (χ3v) is 7.44. The lowest BCUT2D eigenvalue weighted by Gasteiger charge is -2.36. The number of hydrogen-bond donors (Lipinski definition) is 2. The first-order chi connectivity index (χ1) is 10.4. The summed E-state index contributed by atoms with van der Waals surface area (Å²) < 4.78 is 0. The Morgan fingerprint density at radius 1 is 1.13 bits per heavy atom. The highest BCUT2D eigenvalue weighted by atomic mass is 16.4. The maximum atomic E-state index is 10.7. The third kappa shape index (κ3) is 2.86. The Labute approximate surface area is 141 Å². The van der Waals surface area contributed by atoms with Gasteiger partial charge in [-0.1, -0.05) is 46.3 Å². The predicted molar refractivity (Wildman–Crippen MR) is 93.1 cm³/mol. The largest absolute Gasteiger partial charge is 0.481 e. The maximum Gasteiger partial charge on any atom is 0.307 e. The molecule has 3 aliphatic carbocycles. The van der Waals surface area contributed by atoms with Gasteiger partial charge in [0.15, 0.2) is 0 Å². The first kappa shape index (κ1) is 18.5. The lowest BCUT2D eigenvalue weighted by Crippen LogP contribution is -2.35. The molecule has 2 N–H and O–H groups in total. The van der Waals surface area contributed by atoms with Crippen molar-refractivity contribution in [2.24, 2.45) is 34.0 Å². The Balaban J connectivity index is 0.000000167. The lowest BCUT2D eigenvalue weighted by atomic mass is 9.70. The fraction of sp³-hybridized carbons (Fsp3) is 0.850. The molecule has 0 radical (unpaired) electrons. The first-order valence-electron chi connectivity index (χ1n) is 8.91. The highest BCUT2D eigenvalue weighted by Crippen LogP contribution is 2.65. The van der Waals surface area contributed by atoms with E-state index in [2.05, 4.69) is 26.8 Å². The van der Waals surface area contributed by atoms with E-state index >= 15 is 0 Å². The summed E-state index contributed by atoms with van der Waals surface area (Å²) >= 11 is 0. The number of fused-ring (bicyclic) bond motifs is 2. The molecule has 2 bridgehead atoms. The van der Waals surface area contributed by atoms with Gasteiger partial charge in [0.1, 0.15) is 0 Å². The van der Waals surface area contributed by atoms with Gasteiger partial charge in [0.25, 0.3) is 0 Å². The molecule has 0 aromatic carbocycles. The van der Waals surface area contributed by atoms with Gasteiger partial charge in [0.05, 0.1) is 12.0 Å². The van der Waals surface area contributed by atoms with E-state index in [1.165, 1.54) is 18.4 Å². The topological polar surface area (TPSA) is 57.5 Å². The smallest absolute Gasteiger partial charge is 0.307 e. The van der Waals surface area contributed by atoms with E-state index < -0.39 is 5.97 Å². The summed E-state index contributed by atoms with van der Waals surface area (Å²) in [5.74, 6) is 0.178. The Bertz CT molecular complexity index is 513. The van der Waals surface area contributed by atoms with E-state index in [-0.39, 0.29) is 28.8 Å². The molecule has 2 unspecified atom stereocenters. The molecule has 0 aromatic rings. The number of carbonyl (C=O) groups is 1. The summed E-state index contributed by atoms with van der Waals surface area (Å²) in [6.45, 7) is 14.9. The molecule has 0 saturated heterocycles. The van der Waals surface area contributed by atoms with Crippen LogP contribution >= 0.6 is 0 Å². The van der Waals surface area contributed by atoms with Crippen LogP contribution in [0.1, 0.15) is 67.7 Å². The molecule has 0 spiro atoms. The van der Waals surface area contributed by atoms with Crippen molar-refractivity contribution in [1.82, 2.24) is 0 Å². The molecule has 0 aromatic heterocycles. The number of carboxylic acids is 1. The summed E-state index contributed by atoms with van der Waals surface area (Å²) in [6, 6.07) is 0. The lowest BCUT2D eigenvalue weighted by molar-refractivity contribution is -0.139. The van der Waals surface area contributed by atoms with E-state index in [9.17, 15) is 9.90 Å². The molecule has 3 nitrogen and oxygen atoms in total. The van der Waals surface area contributed by atoms with E-state index in [0.29, 0.717) is 5.41 Å². The van der Waals surface area contributed by atoms with Crippen molar-refractivity contribution in [3.63, 3.8) is 0 Å². The molecular weight excluding hydrogens is 288 g/mol. The molecule has 3 fully saturated rings. The minimum absolute atomic E-state index is 0.0313. The predicted octanol–water partition coefficient (Wildman–Crippen LogP) is 4.50. The van der Waals surface area contributed by atoms with Gasteiger partial charge in [-0.3, -0.25) is 4.79 Å². The van der Waals surface area contributed by atoms with Gasteiger partial charge in [0, 0.05) is 0 Å². The van der Waals surface area contributed by atoms with Crippen LogP contribution < -0.4 is 0 Å². The van der Waals surface area contributed by atoms with Crippen molar-refractivity contribution < 1.29 is 15.0 Å². The average molecular weight is 322 g/mol. The monoisotopic (exact) mass is 322 g/mol. The van der Waals surface area contributed by atoms with Gasteiger partial charge in [-0.15, -0.1) is 0 Å². The molecule has 3 rings (SSSR count). The highest BCUT2D eigenvalue weighted by molar-refractivity contribution is 5.76. The number of hydrogen-bond acceptors (Lipinski definition) is 2. The first-order valence-corrected chi connectivity index (χ1v) is 8.91. The summed E-state index contributed by atoms with van der Waals surface area (Å²) in [6.07, 6.45) is 5.64. The van der Waals surface area contributed by atoms with E-state index in [4.69, 9.17) is 5.11 Å². The van der Waals surface area contributed by atoms with Crippen molar-refractivity contribution in [3.8, 4) is 0 Å². The number of aliphatic carboxylic acids is 1. The van der Waals surface area contributed by atoms with Crippen molar-refractivity contribution in [2.45, 2.75) is 73.8 Å². The van der Waals surface area contributed by atoms with Gasteiger partial charge >= 0.3 is 5.97 Å². The second kappa shape index (κ2) is 5.61. The quantitative estimate of drug-likeness (QED) is 0.736. The van der Waals surface area contributed by atoms with Gasteiger partial charge in [-0.05, 0) is 61.2 Å².